The number of rotatable bonds is 3. The van der Waals surface area contributed by atoms with E-state index in [4.69, 9.17) is 11.6 Å². The van der Waals surface area contributed by atoms with Crippen molar-refractivity contribution in [1.29, 1.82) is 0 Å². The summed E-state index contributed by atoms with van der Waals surface area (Å²) >= 11 is 6.09. The highest BCUT2D eigenvalue weighted by molar-refractivity contribution is 6.46. The van der Waals surface area contributed by atoms with Crippen LogP contribution in [-0.4, -0.2) is 27.7 Å². The fraction of sp³-hybridized carbons (Fsp3) is 0.333. The molecule has 0 radical (unpaired) electrons. The van der Waals surface area contributed by atoms with Crippen molar-refractivity contribution in [2.45, 2.75) is 51.1 Å². The number of ketones is 1. The highest BCUT2D eigenvalue weighted by Gasteiger charge is 2.49. The molecule has 4 nitrogen and oxygen atoms in total. The predicted octanol–water partition coefficient (Wildman–Crippen LogP) is 5.40. The maximum absolute atomic E-state index is 13.1. The molecule has 150 valence electrons. The Hall–Kier alpha value is -2.59. The fourth-order valence-electron chi connectivity index (χ4n) is 4.58. The molecule has 1 aliphatic heterocycles. The molecule has 4 rings (SSSR count). The monoisotopic (exact) mass is 409 g/mol. The number of nitrogens with zero attached hydrogens (tertiary/aromatic N) is 1. The summed E-state index contributed by atoms with van der Waals surface area (Å²) in [6.07, 6.45) is 5.00. The number of aliphatic hydroxyl groups excluding tert-OH is 1. The number of hydrogen-bond donors (Lipinski definition) is 1. The first-order chi connectivity index (χ1) is 14.0. The van der Waals surface area contributed by atoms with Crippen molar-refractivity contribution < 1.29 is 14.7 Å². The molecule has 1 heterocycles. The summed E-state index contributed by atoms with van der Waals surface area (Å²) in [7, 11) is 0. The molecule has 1 saturated carbocycles. The Morgan fingerprint density at radius 1 is 1.03 bits per heavy atom. The number of carbonyl (C=O) groups excluding carboxylic acids is 2. The van der Waals surface area contributed by atoms with E-state index >= 15 is 0 Å². The molecular formula is C24H24ClNO3. The van der Waals surface area contributed by atoms with E-state index in [1.807, 2.05) is 31.2 Å². The number of aryl methyl sites for hydroxylation is 1. The van der Waals surface area contributed by atoms with Crippen LogP contribution in [0, 0.1) is 6.92 Å². The van der Waals surface area contributed by atoms with Gasteiger partial charge in [0, 0.05) is 16.6 Å². The zero-order valence-electron chi connectivity index (χ0n) is 16.4. The van der Waals surface area contributed by atoms with Gasteiger partial charge < -0.3 is 10.0 Å². The van der Waals surface area contributed by atoms with Crippen molar-refractivity contribution in [1.82, 2.24) is 4.90 Å². The first-order valence-corrected chi connectivity index (χ1v) is 10.5. The lowest BCUT2D eigenvalue weighted by molar-refractivity contribution is -0.141. The number of hydrogen-bond acceptors (Lipinski definition) is 3. The summed E-state index contributed by atoms with van der Waals surface area (Å²) in [5.74, 6) is -1.31. The van der Waals surface area contributed by atoms with Crippen molar-refractivity contribution >= 4 is 29.1 Å². The van der Waals surface area contributed by atoms with Gasteiger partial charge in [0.25, 0.3) is 11.7 Å². The second-order valence-corrected chi connectivity index (χ2v) is 8.30. The van der Waals surface area contributed by atoms with Gasteiger partial charge in [-0.1, -0.05) is 67.3 Å². The highest BCUT2D eigenvalue weighted by Crippen LogP contribution is 2.43. The molecule has 2 fully saturated rings. The van der Waals surface area contributed by atoms with Crippen LogP contribution in [0.1, 0.15) is 54.8 Å². The number of likely N-dealkylation sites (tertiary alicyclic amines) is 1. The Morgan fingerprint density at radius 3 is 2.45 bits per heavy atom. The quantitative estimate of drug-likeness (QED) is 0.419. The molecule has 0 spiro atoms. The van der Waals surface area contributed by atoms with Crippen LogP contribution in [0.2, 0.25) is 5.02 Å². The van der Waals surface area contributed by atoms with E-state index in [2.05, 4.69) is 0 Å². The Kier molecular flexibility index (Phi) is 5.46. The van der Waals surface area contributed by atoms with Crippen molar-refractivity contribution in [3.8, 4) is 0 Å². The molecule has 1 unspecified atom stereocenters. The van der Waals surface area contributed by atoms with E-state index in [0.717, 1.165) is 43.2 Å². The minimum atomic E-state index is -0.624. The van der Waals surface area contributed by atoms with Crippen LogP contribution in [0.25, 0.3) is 5.76 Å². The van der Waals surface area contributed by atoms with Gasteiger partial charge in [-0.3, -0.25) is 9.59 Å². The van der Waals surface area contributed by atoms with Gasteiger partial charge in [0.1, 0.15) is 5.76 Å². The van der Waals surface area contributed by atoms with Crippen molar-refractivity contribution in [3.63, 3.8) is 0 Å². The normalized spacial score (nSPS) is 22.3. The van der Waals surface area contributed by atoms with Crippen LogP contribution in [0.15, 0.2) is 54.1 Å². The number of Topliss-reactive ketones (excluding diaryl/α,β-unsaturated/α-hetero) is 1. The summed E-state index contributed by atoms with van der Waals surface area (Å²) in [5, 5.41) is 11.6. The Bertz CT molecular complexity index is 991. The zero-order valence-corrected chi connectivity index (χ0v) is 17.2. The van der Waals surface area contributed by atoms with Gasteiger partial charge in [0.05, 0.1) is 11.6 Å². The number of aliphatic hydroxyl groups is 1. The van der Waals surface area contributed by atoms with Gasteiger partial charge in [-0.25, -0.2) is 0 Å². The SMILES string of the molecule is Cc1ccccc1C1/C(=C(\O)c2cccc(Cl)c2)C(=O)C(=O)N1C1CCCCC1. The molecule has 1 aliphatic carbocycles. The van der Waals surface area contributed by atoms with E-state index < -0.39 is 17.7 Å². The summed E-state index contributed by atoms with van der Waals surface area (Å²) in [6, 6.07) is 13.9. The lowest BCUT2D eigenvalue weighted by Crippen LogP contribution is -2.40. The van der Waals surface area contributed by atoms with E-state index in [-0.39, 0.29) is 17.4 Å². The second-order valence-electron chi connectivity index (χ2n) is 7.87. The van der Waals surface area contributed by atoms with Crippen LogP contribution in [0.5, 0.6) is 0 Å². The minimum Gasteiger partial charge on any atom is -0.507 e. The largest absolute Gasteiger partial charge is 0.507 e. The number of carbonyl (C=O) groups is 2. The fourth-order valence-corrected chi connectivity index (χ4v) is 4.77. The first kappa shape index (κ1) is 19.7. The molecule has 1 saturated heterocycles. The molecule has 1 atom stereocenters. The second kappa shape index (κ2) is 8.03. The number of amides is 1. The Morgan fingerprint density at radius 2 is 1.76 bits per heavy atom. The predicted molar refractivity (Wildman–Crippen MR) is 114 cm³/mol. The molecule has 1 N–H and O–H groups in total. The summed E-state index contributed by atoms with van der Waals surface area (Å²) in [6.45, 7) is 1.97. The average molecular weight is 410 g/mol. The standard InChI is InChI=1S/C24H24ClNO3/c1-15-8-5-6-13-19(15)21-20(22(27)16-9-7-10-17(25)14-16)23(28)24(29)26(21)18-11-3-2-4-12-18/h5-10,13-14,18,21,27H,2-4,11-12H2,1H3/b22-20+. The number of halogens is 1. The third-order valence-corrected chi connectivity index (χ3v) is 6.26. The van der Waals surface area contributed by atoms with Crippen LogP contribution in [-0.2, 0) is 9.59 Å². The molecule has 0 bridgehead atoms. The van der Waals surface area contributed by atoms with Gasteiger partial charge in [0.2, 0.25) is 0 Å². The molecule has 29 heavy (non-hydrogen) atoms. The maximum atomic E-state index is 13.1. The van der Waals surface area contributed by atoms with E-state index in [1.54, 1.807) is 29.2 Å². The molecule has 2 aromatic rings. The van der Waals surface area contributed by atoms with Crippen molar-refractivity contribution in [3.05, 3.63) is 75.8 Å². The maximum Gasteiger partial charge on any atom is 0.295 e. The van der Waals surface area contributed by atoms with Crippen LogP contribution >= 0.6 is 11.6 Å². The van der Waals surface area contributed by atoms with Gasteiger partial charge in [-0.15, -0.1) is 0 Å². The van der Waals surface area contributed by atoms with Crippen LogP contribution in [0.3, 0.4) is 0 Å². The van der Waals surface area contributed by atoms with E-state index in [1.165, 1.54) is 0 Å². The lowest BCUT2D eigenvalue weighted by Gasteiger charge is -2.36. The lowest BCUT2D eigenvalue weighted by atomic mass is 9.89. The highest BCUT2D eigenvalue weighted by atomic mass is 35.5. The smallest absolute Gasteiger partial charge is 0.295 e. The van der Waals surface area contributed by atoms with Gasteiger partial charge in [-0.05, 0) is 43.0 Å². The minimum absolute atomic E-state index is 0.00877. The van der Waals surface area contributed by atoms with E-state index in [0.29, 0.717) is 10.6 Å². The van der Waals surface area contributed by atoms with Crippen LogP contribution in [0.4, 0.5) is 0 Å². The third-order valence-electron chi connectivity index (χ3n) is 6.03. The van der Waals surface area contributed by atoms with Crippen molar-refractivity contribution in [2.75, 3.05) is 0 Å². The molecular weight excluding hydrogens is 386 g/mol. The summed E-state index contributed by atoms with van der Waals surface area (Å²) in [4.78, 5) is 28.0. The van der Waals surface area contributed by atoms with Gasteiger partial charge in [-0.2, -0.15) is 0 Å². The molecule has 0 aromatic heterocycles. The van der Waals surface area contributed by atoms with Gasteiger partial charge >= 0.3 is 0 Å². The molecule has 2 aliphatic rings. The molecule has 2 aromatic carbocycles. The summed E-state index contributed by atoms with van der Waals surface area (Å²) < 4.78 is 0. The van der Waals surface area contributed by atoms with Crippen molar-refractivity contribution in [2.24, 2.45) is 0 Å². The van der Waals surface area contributed by atoms with E-state index in [9.17, 15) is 14.7 Å². The summed E-state index contributed by atoms with van der Waals surface area (Å²) in [5.41, 5.74) is 2.45. The molecule has 1 amide bonds. The topological polar surface area (TPSA) is 57.6 Å². The Labute approximate surface area is 175 Å². The first-order valence-electron chi connectivity index (χ1n) is 10.1. The zero-order chi connectivity index (χ0) is 20.5. The molecule has 5 heteroatoms. The van der Waals surface area contributed by atoms with Gasteiger partial charge in [0.15, 0.2) is 0 Å². The number of benzene rings is 2. The third kappa shape index (κ3) is 3.58. The van der Waals surface area contributed by atoms with Crippen LogP contribution < -0.4 is 0 Å². The average Bonchev–Trinajstić information content (AvgIpc) is 2.99. The Balaban J connectivity index is 1.90.